The van der Waals surface area contributed by atoms with E-state index in [1.807, 2.05) is 0 Å². The van der Waals surface area contributed by atoms with E-state index in [2.05, 4.69) is 0 Å². The SMILES string of the molecule is CC([CH]C(=O)N(C)C)C(N)=O. The Hall–Kier alpha value is -1.06. The molecule has 1 atom stereocenters. The summed E-state index contributed by atoms with van der Waals surface area (Å²) < 4.78 is 0. The largest absolute Gasteiger partial charge is 0.369 e. The summed E-state index contributed by atoms with van der Waals surface area (Å²) in [5.41, 5.74) is 4.94. The summed E-state index contributed by atoms with van der Waals surface area (Å²) in [7, 11) is 3.24. The number of rotatable bonds is 3. The summed E-state index contributed by atoms with van der Waals surface area (Å²) in [4.78, 5) is 22.8. The van der Waals surface area contributed by atoms with Crippen molar-refractivity contribution < 1.29 is 9.59 Å². The minimum Gasteiger partial charge on any atom is -0.369 e. The van der Waals surface area contributed by atoms with Crippen LogP contribution in [0.4, 0.5) is 0 Å². The number of nitrogens with two attached hydrogens (primary N) is 1. The van der Waals surface area contributed by atoms with Crippen LogP contribution in [0.3, 0.4) is 0 Å². The number of carbonyl (C=O) groups is 2. The zero-order valence-corrected chi connectivity index (χ0v) is 7.00. The van der Waals surface area contributed by atoms with Gasteiger partial charge in [-0.3, -0.25) is 9.59 Å². The van der Waals surface area contributed by atoms with E-state index in [4.69, 9.17) is 5.73 Å². The van der Waals surface area contributed by atoms with Gasteiger partial charge in [0.2, 0.25) is 11.8 Å². The molecular weight excluding hydrogens is 144 g/mol. The third-order valence-corrected chi connectivity index (χ3v) is 1.28. The number of hydrogen-bond acceptors (Lipinski definition) is 2. The van der Waals surface area contributed by atoms with Crippen molar-refractivity contribution in [1.82, 2.24) is 4.90 Å². The number of amides is 2. The Labute approximate surface area is 66.4 Å². The van der Waals surface area contributed by atoms with Crippen LogP contribution in [-0.2, 0) is 9.59 Å². The van der Waals surface area contributed by atoms with Crippen LogP contribution in [0.15, 0.2) is 0 Å². The van der Waals surface area contributed by atoms with E-state index < -0.39 is 11.8 Å². The first-order valence-corrected chi connectivity index (χ1v) is 3.30. The van der Waals surface area contributed by atoms with E-state index in [9.17, 15) is 9.59 Å². The zero-order chi connectivity index (χ0) is 9.02. The molecule has 11 heavy (non-hydrogen) atoms. The Balaban J connectivity index is 3.85. The van der Waals surface area contributed by atoms with Gasteiger partial charge in [0, 0.05) is 20.0 Å². The van der Waals surface area contributed by atoms with Crippen molar-refractivity contribution in [3.63, 3.8) is 0 Å². The topological polar surface area (TPSA) is 63.4 Å². The number of nitrogens with zero attached hydrogens (tertiary/aromatic N) is 1. The molecule has 0 aliphatic rings. The Kier molecular flexibility index (Phi) is 3.57. The smallest absolute Gasteiger partial charge is 0.226 e. The van der Waals surface area contributed by atoms with Crippen molar-refractivity contribution in [3.8, 4) is 0 Å². The quantitative estimate of drug-likeness (QED) is 0.594. The second kappa shape index (κ2) is 3.95. The summed E-state index contributed by atoms with van der Waals surface area (Å²) >= 11 is 0. The molecule has 0 aromatic rings. The molecule has 0 spiro atoms. The molecule has 4 heteroatoms. The first-order valence-electron chi connectivity index (χ1n) is 3.30. The average Bonchev–Trinajstić information content (AvgIpc) is 1.87. The predicted molar refractivity (Wildman–Crippen MR) is 41.4 cm³/mol. The molecule has 0 fully saturated rings. The monoisotopic (exact) mass is 157 g/mol. The van der Waals surface area contributed by atoms with Gasteiger partial charge in [-0.1, -0.05) is 6.92 Å². The van der Waals surface area contributed by atoms with Crippen molar-refractivity contribution in [1.29, 1.82) is 0 Å². The van der Waals surface area contributed by atoms with Gasteiger partial charge >= 0.3 is 0 Å². The second-order valence-corrected chi connectivity index (χ2v) is 2.59. The van der Waals surface area contributed by atoms with Crippen molar-refractivity contribution in [2.24, 2.45) is 11.7 Å². The molecule has 0 heterocycles. The molecule has 0 saturated carbocycles. The van der Waals surface area contributed by atoms with Gasteiger partial charge in [0.05, 0.1) is 6.42 Å². The van der Waals surface area contributed by atoms with Gasteiger partial charge in [0.15, 0.2) is 0 Å². The van der Waals surface area contributed by atoms with Crippen LogP contribution in [0.1, 0.15) is 6.92 Å². The normalized spacial score (nSPS) is 12.3. The van der Waals surface area contributed by atoms with E-state index in [0.717, 1.165) is 0 Å². The van der Waals surface area contributed by atoms with Crippen LogP contribution in [0.5, 0.6) is 0 Å². The Morgan fingerprint density at radius 1 is 1.45 bits per heavy atom. The summed E-state index contributed by atoms with van der Waals surface area (Å²) in [6.45, 7) is 1.59. The number of carbonyl (C=O) groups excluding carboxylic acids is 2. The molecule has 0 rings (SSSR count). The van der Waals surface area contributed by atoms with E-state index in [0.29, 0.717) is 0 Å². The zero-order valence-electron chi connectivity index (χ0n) is 7.00. The van der Waals surface area contributed by atoms with Crippen LogP contribution < -0.4 is 5.73 Å². The molecule has 0 bridgehead atoms. The summed E-state index contributed by atoms with van der Waals surface area (Å²) in [6, 6.07) is 0. The van der Waals surface area contributed by atoms with Crippen molar-refractivity contribution in [3.05, 3.63) is 6.42 Å². The minimum atomic E-state index is -0.495. The second-order valence-electron chi connectivity index (χ2n) is 2.59. The average molecular weight is 157 g/mol. The lowest BCUT2D eigenvalue weighted by Crippen LogP contribution is -2.29. The van der Waals surface area contributed by atoms with Gasteiger partial charge in [-0.25, -0.2) is 0 Å². The van der Waals surface area contributed by atoms with Gasteiger partial charge in [-0.15, -0.1) is 0 Å². The van der Waals surface area contributed by atoms with Crippen LogP contribution in [0.2, 0.25) is 0 Å². The van der Waals surface area contributed by atoms with Gasteiger partial charge in [-0.2, -0.15) is 0 Å². The number of primary amides is 1. The maximum Gasteiger partial charge on any atom is 0.226 e. The first kappa shape index (κ1) is 9.94. The fraction of sp³-hybridized carbons (Fsp3) is 0.571. The lowest BCUT2D eigenvalue weighted by Gasteiger charge is -2.11. The maximum absolute atomic E-state index is 10.9. The van der Waals surface area contributed by atoms with Crippen molar-refractivity contribution >= 4 is 11.8 Å². The maximum atomic E-state index is 10.9. The van der Waals surface area contributed by atoms with E-state index in [1.165, 1.54) is 11.3 Å². The highest BCUT2D eigenvalue weighted by Gasteiger charge is 2.15. The Bertz CT molecular complexity index is 166. The highest BCUT2D eigenvalue weighted by Crippen LogP contribution is 2.00. The molecule has 63 valence electrons. The Morgan fingerprint density at radius 2 is 1.91 bits per heavy atom. The predicted octanol–water partition coefficient (Wildman–Crippen LogP) is -0.600. The molecule has 0 aromatic carbocycles. The fourth-order valence-corrected chi connectivity index (χ4v) is 0.445. The molecule has 2 amide bonds. The standard InChI is InChI=1S/C7H13N2O2/c1-5(7(8)11)4-6(10)9(2)3/h4-5H,1-3H3,(H2,8,11). The van der Waals surface area contributed by atoms with E-state index in [-0.39, 0.29) is 5.91 Å². The molecule has 1 radical (unpaired) electrons. The van der Waals surface area contributed by atoms with Gasteiger partial charge < -0.3 is 10.6 Å². The van der Waals surface area contributed by atoms with Gasteiger partial charge in [0.1, 0.15) is 0 Å². The highest BCUT2D eigenvalue weighted by atomic mass is 16.2. The van der Waals surface area contributed by atoms with Crippen LogP contribution in [0.25, 0.3) is 0 Å². The molecule has 0 aliphatic carbocycles. The van der Waals surface area contributed by atoms with Crippen LogP contribution in [-0.4, -0.2) is 30.8 Å². The van der Waals surface area contributed by atoms with Gasteiger partial charge in [0.25, 0.3) is 0 Å². The molecule has 2 N–H and O–H groups in total. The highest BCUT2D eigenvalue weighted by molar-refractivity contribution is 5.91. The molecular formula is C7H13N2O2. The molecule has 0 aromatic heterocycles. The van der Waals surface area contributed by atoms with Gasteiger partial charge in [-0.05, 0) is 0 Å². The van der Waals surface area contributed by atoms with Crippen LogP contribution >= 0.6 is 0 Å². The summed E-state index contributed by atoms with van der Waals surface area (Å²) in [5, 5.41) is 0. The third kappa shape index (κ3) is 3.60. The molecule has 4 nitrogen and oxygen atoms in total. The van der Waals surface area contributed by atoms with Crippen molar-refractivity contribution in [2.75, 3.05) is 14.1 Å². The number of hydrogen-bond donors (Lipinski definition) is 1. The van der Waals surface area contributed by atoms with E-state index >= 15 is 0 Å². The molecule has 0 aliphatic heterocycles. The minimum absolute atomic E-state index is 0.198. The fourth-order valence-electron chi connectivity index (χ4n) is 0.445. The molecule has 1 unspecified atom stereocenters. The Morgan fingerprint density at radius 3 is 2.18 bits per heavy atom. The lowest BCUT2D eigenvalue weighted by atomic mass is 10.1. The summed E-state index contributed by atoms with van der Waals surface area (Å²) in [6.07, 6.45) is 1.29. The third-order valence-electron chi connectivity index (χ3n) is 1.28. The summed E-state index contributed by atoms with van der Waals surface area (Å²) in [5.74, 6) is -1.18. The van der Waals surface area contributed by atoms with E-state index in [1.54, 1.807) is 21.0 Å². The van der Waals surface area contributed by atoms with Crippen LogP contribution in [0, 0.1) is 12.3 Å². The van der Waals surface area contributed by atoms with Crippen molar-refractivity contribution in [2.45, 2.75) is 6.92 Å². The molecule has 0 saturated heterocycles. The first-order chi connectivity index (χ1) is 4.95. The lowest BCUT2D eigenvalue weighted by molar-refractivity contribution is -0.128.